The lowest BCUT2D eigenvalue weighted by molar-refractivity contribution is -0.153. The molecule has 0 aromatic heterocycles. The number of halogens is 7. The Morgan fingerprint density at radius 3 is 2.13 bits per heavy atom. The van der Waals surface area contributed by atoms with Crippen LogP contribution in [0.3, 0.4) is 0 Å². The molecular weight excluding hydrogens is 450 g/mol. The maximum atomic E-state index is 12.9. The molecule has 0 radical (unpaired) electrons. The molecule has 3 rings (SSSR count). The maximum Gasteiger partial charge on any atom is 0.422 e. The van der Waals surface area contributed by atoms with Crippen LogP contribution in [0.25, 0.3) is 11.1 Å². The zero-order valence-electron chi connectivity index (χ0n) is 15.9. The van der Waals surface area contributed by atoms with Gasteiger partial charge in [0, 0.05) is 5.56 Å². The summed E-state index contributed by atoms with van der Waals surface area (Å²) < 4.78 is 87.0. The first-order valence-corrected chi connectivity index (χ1v) is 9.66. The smallest absolute Gasteiger partial charge is 0.422 e. The molecule has 0 spiro atoms. The Morgan fingerprint density at radius 2 is 1.61 bits per heavy atom. The SMILES string of the molecule is O=COC1(c2cc(OCC(F)(F)F)c(Cl)c(-c3ccc(C(F)(F)F)cc3)c2)CCCC1. The fourth-order valence-electron chi connectivity index (χ4n) is 3.69. The molecule has 0 aliphatic heterocycles. The van der Waals surface area contributed by atoms with Gasteiger partial charge in [0.05, 0.1) is 10.6 Å². The van der Waals surface area contributed by atoms with Crippen LogP contribution in [0.1, 0.15) is 36.8 Å². The first kappa shape index (κ1) is 23.2. The van der Waals surface area contributed by atoms with Gasteiger partial charge in [-0.25, -0.2) is 0 Å². The molecule has 0 saturated heterocycles. The number of carbonyl (C=O) groups excluding carboxylic acids is 1. The van der Waals surface area contributed by atoms with E-state index in [9.17, 15) is 31.1 Å². The number of hydrogen-bond donors (Lipinski definition) is 0. The van der Waals surface area contributed by atoms with Crippen molar-refractivity contribution in [3.8, 4) is 16.9 Å². The Bertz CT molecular complexity index is 932. The van der Waals surface area contributed by atoms with Crippen molar-refractivity contribution < 1.29 is 40.6 Å². The second kappa shape index (κ2) is 8.61. The highest BCUT2D eigenvalue weighted by molar-refractivity contribution is 6.34. The van der Waals surface area contributed by atoms with Crippen LogP contribution in [0.4, 0.5) is 26.3 Å². The number of hydrogen-bond acceptors (Lipinski definition) is 3. The molecule has 0 atom stereocenters. The van der Waals surface area contributed by atoms with Crippen LogP contribution in [-0.2, 0) is 21.3 Å². The first-order valence-electron chi connectivity index (χ1n) is 9.28. The van der Waals surface area contributed by atoms with Crippen LogP contribution in [0.5, 0.6) is 5.75 Å². The monoisotopic (exact) mass is 466 g/mol. The van der Waals surface area contributed by atoms with Gasteiger partial charge < -0.3 is 9.47 Å². The number of alkyl halides is 6. The lowest BCUT2D eigenvalue weighted by Crippen LogP contribution is -2.26. The summed E-state index contributed by atoms with van der Waals surface area (Å²) in [7, 11) is 0. The van der Waals surface area contributed by atoms with Crippen LogP contribution >= 0.6 is 11.6 Å². The summed E-state index contributed by atoms with van der Waals surface area (Å²) in [5.41, 5.74) is -1.16. The molecule has 0 bridgehead atoms. The zero-order chi connectivity index (χ0) is 22.9. The number of carbonyl (C=O) groups is 1. The van der Waals surface area contributed by atoms with Gasteiger partial charge in [0.25, 0.3) is 6.47 Å². The summed E-state index contributed by atoms with van der Waals surface area (Å²) in [4.78, 5) is 11.1. The molecular formula is C21H17ClF6O3. The highest BCUT2D eigenvalue weighted by Gasteiger charge is 2.39. The molecule has 0 heterocycles. The highest BCUT2D eigenvalue weighted by Crippen LogP contribution is 2.47. The minimum absolute atomic E-state index is 0.172. The van der Waals surface area contributed by atoms with Crippen LogP contribution in [0.15, 0.2) is 36.4 Å². The minimum atomic E-state index is -4.63. The Kier molecular flexibility index (Phi) is 6.45. The summed E-state index contributed by atoms with van der Waals surface area (Å²) in [5.74, 6) is -0.299. The largest absolute Gasteiger partial charge is 0.483 e. The molecule has 168 valence electrons. The topological polar surface area (TPSA) is 35.5 Å². The zero-order valence-corrected chi connectivity index (χ0v) is 16.7. The van der Waals surface area contributed by atoms with Crippen molar-refractivity contribution in [2.24, 2.45) is 0 Å². The van der Waals surface area contributed by atoms with Gasteiger partial charge in [0.1, 0.15) is 11.4 Å². The molecule has 0 N–H and O–H groups in total. The fraction of sp³-hybridized carbons (Fsp3) is 0.381. The van der Waals surface area contributed by atoms with Crippen molar-refractivity contribution >= 4 is 18.1 Å². The van der Waals surface area contributed by atoms with Crippen molar-refractivity contribution in [1.82, 2.24) is 0 Å². The summed E-state index contributed by atoms with van der Waals surface area (Å²) in [5, 5.41) is -0.188. The van der Waals surface area contributed by atoms with E-state index in [4.69, 9.17) is 21.1 Å². The van der Waals surface area contributed by atoms with E-state index in [0.717, 1.165) is 25.0 Å². The molecule has 1 fully saturated rings. The van der Waals surface area contributed by atoms with E-state index in [-0.39, 0.29) is 28.4 Å². The summed E-state index contributed by atoms with van der Waals surface area (Å²) in [6.45, 7) is -1.34. The Morgan fingerprint density at radius 1 is 1.00 bits per heavy atom. The predicted molar refractivity (Wildman–Crippen MR) is 101 cm³/mol. The second-order valence-corrected chi connectivity index (χ2v) is 7.61. The van der Waals surface area contributed by atoms with Crippen molar-refractivity contribution in [2.75, 3.05) is 6.61 Å². The molecule has 10 heteroatoms. The van der Waals surface area contributed by atoms with E-state index < -0.39 is 30.1 Å². The third-order valence-electron chi connectivity index (χ3n) is 5.16. The van der Waals surface area contributed by atoms with E-state index in [1.165, 1.54) is 24.3 Å². The number of rotatable bonds is 6. The lowest BCUT2D eigenvalue weighted by atomic mass is 9.89. The van der Waals surface area contributed by atoms with Crippen LogP contribution in [0, 0.1) is 0 Å². The van der Waals surface area contributed by atoms with Gasteiger partial charge >= 0.3 is 12.4 Å². The summed E-state index contributed by atoms with van der Waals surface area (Å²) >= 11 is 6.28. The quantitative estimate of drug-likeness (QED) is 0.343. The Balaban J connectivity index is 2.12. The molecule has 1 aliphatic rings. The minimum Gasteiger partial charge on any atom is -0.483 e. The Hall–Kier alpha value is -2.42. The van der Waals surface area contributed by atoms with Gasteiger partial charge in [0.2, 0.25) is 0 Å². The molecule has 0 unspecified atom stereocenters. The van der Waals surface area contributed by atoms with Gasteiger partial charge in [-0.3, -0.25) is 4.79 Å². The molecule has 2 aromatic carbocycles. The molecule has 1 aliphatic carbocycles. The van der Waals surface area contributed by atoms with E-state index in [1.54, 1.807) is 0 Å². The van der Waals surface area contributed by atoms with E-state index in [0.29, 0.717) is 18.4 Å². The van der Waals surface area contributed by atoms with Crippen molar-refractivity contribution in [3.05, 3.63) is 52.5 Å². The van der Waals surface area contributed by atoms with Crippen molar-refractivity contribution in [3.63, 3.8) is 0 Å². The predicted octanol–water partition coefficient (Wildman–Crippen LogP) is 6.91. The maximum absolute atomic E-state index is 12.9. The average Bonchev–Trinajstić information content (AvgIpc) is 3.16. The van der Waals surface area contributed by atoms with Crippen molar-refractivity contribution in [1.29, 1.82) is 0 Å². The Labute approximate surface area is 178 Å². The fourth-order valence-corrected chi connectivity index (χ4v) is 3.96. The third kappa shape index (κ3) is 5.26. The normalized spacial score (nSPS) is 16.2. The summed E-state index contributed by atoms with van der Waals surface area (Å²) in [6.07, 6.45) is -6.83. The average molecular weight is 467 g/mol. The molecule has 0 amide bonds. The highest BCUT2D eigenvalue weighted by atomic mass is 35.5. The molecule has 31 heavy (non-hydrogen) atoms. The standard InChI is InChI=1S/C21H17ClF6O3/c22-18-16(13-3-5-14(6-4-13)21(26,27)28)9-15(10-17(18)30-11-20(23,24)25)19(31-12-29)7-1-2-8-19/h3-6,9-10,12H,1-2,7-8,11H2. The lowest BCUT2D eigenvalue weighted by Gasteiger charge is -2.29. The van der Waals surface area contributed by atoms with E-state index in [1.807, 2.05) is 0 Å². The van der Waals surface area contributed by atoms with Gasteiger partial charge in [-0.15, -0.1) is 0 Å². The van der Waals surface area contributed by atoms with Gasteiger partial charge in [-0.05, 0) is 61.1 Å². The van der Waals surface area contributed by atoms with Gasteiger partial charge in [-0.1, -0.05) is 23.7 Å². The molecule has 2 aromatic rings. The van der Waals surface area contributed by atoms with Gasteiger partial charge in [0.15, 0.2) is 6.61 Å². The second-order valence-electron chi connectivity index (χ2n) is 7.23. The van der Waals surface area contributed by atoms with Crippen LogP contribution < -0.4 is 4.74 Å². The van der Waals surface area contributed by atoms with E-state index in [2.05, 4.69) is 0 Å². The van der Waals surface area contributed by atoms with Crippen LogP contribution in [0.2, 0.25) is 5.02 Å². The third-order valence-corrected chi connectivity index (χ3v) is 5.55. The molecule has 1 saturated carbocycles. The van der Waals surface area contributed by atoms with Crippen LogP contribution in [-0.4, -0.2) is 19.3 Å². The summed E-state index contributed by atoms with van der Waals surface area (Å²) in [6, 6.07) is 6.84. The van der Waals surface area contributed by atoms with Crippen molar-refractivity contribution in [2.45, 2.75) is 43.6 Å². The van der Waals surface area contributed by atoms with E-state index >= 15 is 0 Å². The van der Waals surface area contributed by atoms with Gasteiger partial charge in [-0.2, -0.15) is 26.3 Å². The first-order chi connectivity index (χ1) is 14.5. The number of benzene rings is 2. The number of ether oxygens (including phenoxy) is 2. The molecule has 3 nitrogen and oxygen atoms in total.